The molecular weight excluding hydrogens is 384 g/mol. The van der Waals surface area contributed by atoms with E-state index in [2.05, 4.69) is 19.2 Å². The van der Waals surface area contributed by atoms with Crippen LogP contribution < -0.4 is 10.2 Å². The molecule has 0 bridgehead atoms. The highest BCUT2D eigenvalue weighted by molar-refractivity contribution is 6.30. The lowest BCUT2D eigenvalue weighted by Gasteiger charge is -2.39. The molecule has 1 aliphatic rings. The molecular formula is C24H29ClN2O2. The molecule has 3 rings (SSSR count). The lowest BCUT2D eigenvalue weighted by molar-refractivity contribution is -0.126. The third kappa shape index (κ3) is 4.32. The topological polar surface area (TPSA) is 49.4 Å². The third-order valence-electron chi connectivity index (χ3n) is 5.72. The number of amides is 2. The minimum Gasteiger partial charge on any atom is -0.354 e. The second kappa shape index (κ2) is 8.58. The smallest absolute Gasteiger partial charge is 0.259 e. The number of carbonyl (C=O) groups excluding carboxylic acids is 2. The van der Waals surface area contributed by atoms with Crippen molar-refractivity contribution < 1.29 is 9.59 Å². The second-order valence-electron chi connectivity index (χ2n) is 8.44. The molecule has 4 nitrogen and oxygen atoms in total. The molecule has 1 N–H and O–H groups in total. The fraction of sp³-hybridized carbons (Fsp3) is 0.417. The first kappa shape index (κ1) is 21.4. The summed E-state index contributed by atoms with van der Waals surface area (Å²) in [5, 5.41) is 3.68. The first-order chi connectivity index (χ1) is 13.7. The quantitative estimate of drug-likeness (QED) is 0.737. The molecule has 0 fully saturated rings. The fourth-order valence-corrected chi connectivity index (χ4v) is 4.13. The van der Waals surface area contributed by atoms with E-state index in [0.717, 1.165) is 23.2 Å². The number of nitrogens with one attached hydrogen (secondary N) is 1. The minimum atomic E-state index is -0.994. The van der Waals surface area contributed by atoms with Crippen LogP contribution in [0.2, 0.25) is 5.02 Å². The Bertz CT molecular complexity index is 925. The van der Waals surface area contributed by atoms with Crippen LogP contribution in [0.25, 0.3) is 0 Å². The summed E-state index contributed by atoms with van der Waals surface area (Å²) in [6.07, 6.45) is 2.11. The van der Waals surface area contributed by atoms with Gasteiger partial charge in [0, 0.05) is 22.8 Å². The summed E-state index contributed by atoms with van der Waals surface area (Å²) in [6.45, 7) is 8.64. The van der Waals surface area contributed by atoms with E-state index in [1.807, 2.05) is 50.2 Å². The van der Waals surface area contributed by atoms with E-state index in [1.165, 1.54) is 0 Å². The van der Waals surface area contributed by atoms with Crippen LogP contribution in [0.15, 0.2) is 42.5 Å². The van der Waals surface area contributed by atoms with Crippen molar-refractivity contribution in [3.63, 3.8) is 0 Å². The average molecular weight is 413 g/mol. The highest BCUT2D eigenvalue weighted by atomic mass is 35.5. The van der Waals surface area contributed by atoms with Gasteiger partial charge in [-0.2, -0.15) is 0 Å². The summed E-state index contributed by atoms with van der Waals surface area (Å²) in [6, 6.07) is 13.1. The summed E-state index contributed by atoms with van der Waals surface area (Å²) in [5.41, 5.74) is 2.23. The Morgan fingerprint density at radius 2 is 1.97 bits per heavy atom. The Morgan fingerprint density at radius 3 is 2.66 bits per heavy atom. The number of anilines is 1. The Balaban J connectivity index is 2.07. The fourth-order valence-electron chi connectivity index (χ4n) is 3.91. The number of benzene rings is 2. The van der Waals surface area contributed by atoms with Crippen molar-refractivity contribution in [2.45, 2.75) is 52.5 Å². The van der Waals surface area contributed by atoms with Gasteiger partial charge in [0.15, 0.2) is 0 Å². The number of carbonyl (C=O) groups is 2. The maximum absolute atomic E-state index is 13.7. The summed E-state index contributed by atoms with van der Waals surface area (Å²) in [7, 11) is 0. The van der Waals surface area contributed by atoms with Crippen molar-refractivity contribution in [1.29, 1.82) is 0 Å². The molecule has 0 radical (unpaired) electrons. The molecule has 0 spiro atoms. The molecule has 1 heterocycles. The zero-order valence-corrected chi connectivity index (χ0v) is 18.3. The molecule has 1 aliphatic heterocycles. The normalized spacial score (nSPS) is 19.1. The molecule has 0 saturated carbocycles. The van der Waals surface area contributed by atoms with Crippen LogP contribution >= 0.6 is 11.6 Å². The Morgan fingerprint density at radius 1 is 1.24 bits per heavy atom. The molecule has 2 aromatic carbocycles. The van der Waals surface area contributed by atoms with Crippen molar-refractivity contribution in [3.8, 4) is 0 Å². The number of nitrogens with zero attached hydrogens (tertiary/aromatic N) is 1. The van der Waals surface area contributed by atoms with Gasteiger partial charge in [-0.25, -0.2) is 0 Å². The number of hydrogen-bond acceptors (Lipinski definition) is 2. The third-order valence-corrected chi connectivity index (χ3v) is 5.96. The molecule has 0 unspecified atom stereocenters. The van der Waals surface area contributed by atoms with E-state index >= 15 is 0 Å². The van der Waals surface area contributed by atoms with E-state index in [9.17, 15) is 9.59 Å². The summed E-state index contributed by atoms with van der Waals surface area (Å²) >= 11 is 6.15. The predicted molar refractivity (Wildman–Crippen MR) is 119 cm³/mol. The Kier molecular flexibility index (Phi) is 6.33. The van der Waals surface area contributed by atoms with Gasteiger partial charge in [-0.05, 0) is 74.4 Å². The van der Waals surface area contributed by atoms with E-state index in [0.29, 0.717) is 35.9 Å². The van der Waals surface area contributed by atoms with Crippen LogP contribution in [-0.2, 0) is 11.2 Å². The average Bonchev–Trinajstić information content (AvgIpc) is 2.78. The maximum atomic E-state index is 13.7. The van der Waals surface area contributed by atoms with Gasteiger partial charge in [0.1, 0.15) is 5.54 Å². The van der Waals surface area contributed by atoms with E-state index < -0.39 is 5.54 Å². The summed E-state index contributed by atoms with van der Waals surface area (Å²) < 4.78 is 0. The van der Waals surface area contributed by atoms with E-state index in [4.69, 9.17) is 11.6 Å². The Hall–Kier alpha value is -2.33. The second-order valence-corrected chi connectivity index (χ2v) is 8.88. The lowest BCUT2D eigenvalue weighted by atomic mass is 9.90. The van der Waals surface area contributed by atoms with Crippen molar-refractivity contribution in [3.05, 3.63) is 64.2 Å². The Labute approximate surface area is 178 Å². The van der Waals surface area contributed by atoms with Crippen molar-refractivity contribution >= 4 is 29.1 Å². The number of fused-ring (bicyclic) bond motifs is 1. The molecule has 2 amide bonds. The number of hydrogen-bond donors (Lipinski definition) is 1. The van der Waals surface area contributed by atoms with Crippen molar-refractivity contribution in [2.24, 2.45) is 5.92 Å². The van der Waals surface area contributed by atoms with Crippen LogP contribution in [0.5, 0.6) is 0 Å². The number of halogens is 1. The molecule has 0 saturated heterocycles. The van der Waals surface area contributed by atoms with Crippen LogP contribution in [0.4, 0.5) is 5.69 Å². The first-order valence-corrected chi connectivity index (χ1v) is 10.6. The van der Waals surface area contributed by atoms with Gasteiger partial charge in [-0.1, -0.05) is 43.6 Å². The SMILES string of the molecule is Cc1cc(Cl)ccc1N1C(=O)c2ccccc2CC[C@]1(C)C(=O)NCCC(C)C. The maximum Gasteiger partial charge on any atom is 0.259 e. The molecule has 1 atom stereocenters. The van der Waals surface area contributed by atoms with E-state index in [-0.39, 0.29) is 11.8 Å². The van der Waals surface area contributed by atoms with Gasteiger partial charge in [-0.3, -0.25) is 14.5 Å². The monoisotopic (exact) mass is 412 g/mol. The largest absolute Gasteiger partial charge is 0.354 e. The van der Waals surface area contributed by atoms with Crippen LogP contribution in [-0.4, -0.2) is 23.9 Å². The zero-order valence-electron chi connectivity index (χ0n) is 17.6. The van der Waals surface area contributed by atoms with E-state index in [1.54, 1.807) is 11.0 Å². The van der Waals surface area contributed by atoms with Gasteiger partial charge in [0.2, 0.25) is 5.91 Å². The van der Waals surface area contributed by atoms with Crippen LogP contribution in [0, 0.1) is 12.8 Å². The van der Waals surface area contributed by atoms with Crippen LogP contribution in [0.1, 0.15) is 55.1 Å². The number of rotatable bonds is 5. The van der Waals surface area contributed by atoms with Gasteiger partial charge in [-0.15, -0.1) is 0 Å². The zero-order chi connectivity index (χ0) is 21.2. The van der Waals surface area contributed by atoms with Gasteiger partial charge in [0.25, 0.3) is 5.91 Å². The number of aryl methyl sites for hydroxylation is 2. The first-order valence-electron chi connectivity index (χ1n) is 10.2. The summed E-state index contributed by atoms with van der Waals surface area (Å²) in [5.74, 6) is 0.233. The molecule has 29 heavy (non-hydrogen) atoms. The van der Waals surface area contributed by atoms with Crippen LogP contribution in [0.3, 0.4) is 0 Å². The molecule has 5 heteroatoms. The standard InChI is InChI=1S/C24H29ClN2O2/c1-16(2)12-14-26-23(29)24(4)13-11-18-7-5-6-8-20(18)22(28)27(24)21-10-9-19(25)15-17(21)3/h5-10,15-16H,11-14H2,1-4H3,(H,26,29)/t24-/m1/s1. The lowest BCUT2D eigenvalue weighted by Crippen LogP contribution is -2.59. The molecule has 0 aromatic heterocycles. The summed E-state index contributed by atoms with van der Waals surface area (Å²) in [4.78, 5) is 28.7. The molecule has 0 aliphatic carbocycles. The van der Waals surface area contributed by atoms with Crippen molar-refractivity contribution in [2.75, 3.05) is 11.4 Å². The molecule has 2 aromatic rings. The highest BCUT2D eigenvalue weighted by Crippen LogP contribution is 2.37. The molecule has 154 valence electrons. The van der Waals surface area contributed by atoms with Gasteiger partial charge in [0.05, 0.1) is 0 Å². The van der Waals surface area contributed by atoms with Crippen molar-refractivity contribution in [1.82, 2.24) is 5.32 Å². The predicted octanol–water partition coefficient (Wildman–Crippen LogP) is 5.16. The van der Waals surface area contributed by atoms with Gasteiger partial charge < -0.3 is 5.32 Å². The van der Waals surface area contributed by atoms with Gasteiger partial charge >= 0.3 is 0 Å². The minimum absolute atomic E-state index is 0.117. The highest BCUT2D eigenvalue weighted by Gasteiger charge is 2.45.